The minimum atomic E-state index is 0.282. The summed E-state index contributed by atoms with van der Waals surface area (Å²) in [6.07, 6.45) is 2.42. The zero-order chi connectivity index (χ0) is 12.7. The summed E-state index contributed by atoms with van der Waals surface area (Å²) in [6, 6.07) is 0. The molecule has 0 unspecified atom stereocenters. The molecule has 2 aliphatic heterocycles. The Morgan fingerprint density at radius 3 is 2.89 bits per heavy atom. The maximum Gasteiger partial charge on any atom is 0.226 e. The lowest BCUT2D eigenvalue weighted by Gasteiger charge is -2.19. The smallest absolute Gasteiger partial charge is 0.226 e. The van der Waals surface area contributed by atoms with Gasteiger partial charge in [0.2, 0.25) is 5.91 Å². The number of ether oxygens (including phenoxy) is 2. The van der Waals surface area contributed by atoms with Gasteiger partial charge in [-0.1, -0.05) is 6.92 Å². The maximum absolute atomic E-state index is 12.2. The normalized spacial score (nSPS) is 42.1. The number of hydrogen-bond donors (Lipinski definition) is 0. The van der Waals surface area contributed by atoms with E-state index in [1.807, 2.05) is 4.90 Å². The molecule has 3 rings (SSSR count). The number of nitrogens with zero attached hydrogens (tertiary/aromatic N) is 1. The zero-order valence-electron chi connectivity index (χ0n) is 11.3. The topological polar surface area (TPSA) is 38.8 Å². The molecule has 3 aliphatic rings. The summed E-state index contributed by atoms with van der Waals surface area (Å²) in [5.41, 5.74) is 0. The predicted molar refractivity (Wildman–Crippen MR) is 67.1 cm³/mol. The van der Waals surface area contributed by atoms with Gasteiger partial charge in [-0.2, -0.15) is 0 Å². The average Bonchev–Trinajstić information content (AvgIpc) is 2.79. The lowest BCUT2D eigenvalue weighted by Crippen LogP contribution is -2.32. The Balaban J connectivity index is 1.56. The monoisotopic (exact) mass is 253 g/mol. The second kappa shape index (κ2) is 4.82. The van der Waals surface area contributed by atoms with E-state index in [1.165, 1.54) is 0 Å². The third kappa shape index (κ3) is 2.16. The standard InChI is InChI=1S/C14H23NO3/c1-9-5-11(9)14(16)15-6-12-10(3-4-17-2)8-18-13(12)7-15/h9-13H,3-8H2,1-2H3/t9-,10+,11+,12+,13+/m1/s1. The second-order valence-corrected chi connectivity index (χ2v) is 6.14. The molecular weight excluding hydrogens is 230 g/mol. The largest absolute Gasteiger partial charge is 0.385 e. The predicted octanol–water partition coefficient (Wildman–Crippen LogP) is 1.15. The minimum Gasteiger partial charge on any atom is -0.385 e. The van der Waals surface area contributed by atoms with Gasteiger partial charge in [0.1, 0.15) is 0 Å². The van der Waals surface area contributed by atoms with Gasteiger partial charge in [-0.25, -0.2) is 0 Å². The fraction of sp³-hybridized carbons (Fsp3) is 0.929. The third-order valence-electron chi connectivity index (χ3n) is 4.87. The van der Waals surface area contributed by atoms with Crippen molar-refractivity contribution in [2.24, 2.45) is 23.7 Å². The van der Waals surface area contributed by atoms with Gasteiger partial charge >= 0.3 is 0 Å². The van der Waals surface area contributed by atoms with E-state index in [0.29, 0.717) is 29.6 Å². The zero-order valence-corrected chi connectivity index (χ0v) is 11.3. The summed E-state index contributed by atoms with van der Waals surface area (Å²) < 4.78 is 11.0. The van der Waals surface area contributed by atoms with Gasteiger partial charge in [-0.05, 0) is 24.7 Å². The molecule has 4 nitrogen and oxygen atoms in total. The van der Waals surface area contributed by atoms with Crippen molar-refractivity contribution in [3.05, 3.63) is 0 Å². The summed E-state index contributed by atoms with van der Waals surface area (Å²) in [5.74, 6) is 2.39. The van der Waals surface area contributed by atoms with Gasteiger partial charge in [0.05, 0.1) is 12.7 Å². The molecule has 0 N–H and O–H groups in total. The SMILES string of the molecule is COCC[C@H]1CO[C@H]2CN(C(=O)[C@H]3C[C@H]3C)C[C@@H]12. The highest BCUT2D eigenvalue weighted by molar-refractivity contribution is 5.82. The van der Waals surface area contributed by atoms with E-state index < -0.39 is 0 Å². The lowest BCUT2D eigenvalue weighted by atomic mass is 9.91. The van der Waals surface area contributed by atoms with Gasteiger partial charge in [0.15, 0.2) is 0 Å². The van der Waals surface area contributed by atoms with E-state index in [1.54, 1.807) is 7.11 Å². The molecule has 0 bridgehead atoms. The quantitative estimate of drug-likeness (QED) is 0.754. The molecule has 5 atom stereocenters. The van der Waals surface area contributed by atoms with Crippen molar-refractivity contribution in [3.8, 4) is 0 Å². The third-order valence-corrected chi connectivity index (χ3v) is 4.87. The highest BCUT2D eigenvalue weighted by Gasteiger charge is 2.49. The first-order valence-electron chi connectivity index (χ1n) is 7.10. The Kier molecular flexibility index (Phi) is 3.32. The van der Waals surface area contributed by atoms with Crippen molar-refractivity contribution in [1.82, 2.24) is 4.90 Å². The molecule has 1 amide bonds. The molecule has 2 heterocycles. The fourth-order valence-corrected chi connectivity index (χ4v) is 3.45. The van der Waals surface area contributed by atoms with Crippen LogP contribution in [0, 0.1) is 23.7 Å². The van der Waals surface area contributed by atoms with E-state index in [9.17, 15) is 4.79 Å². The first-order chi connectivity index (χ1) is 8.70. The van der Waals surface area contributed by atoms with Crippen LogP contribution >= 0.6 is 0 Å². The average molecular weight is 253 g/mol. The lowest BCUT2D eigenvalue weighted by molar-refractivity contribution is -0.132. The molecule has 4 heteroatoms. The number of fused-ring (bicyclic) bond motifs is 1. The van der Waals surface area contributed by atoms with Gasteiger partial charge < -0.3 is 14.4 Å². The van der Waals surface area contributed by atoms with Crippen LogP contribution in [0.3, 0.4) is 0 Å². The molecule has 1 saturated carbocycles. The summed E-state index contributed by atoms with van der Waals surface area (Å²) in [5, 5.41) is 0. The molecule has 0 aromatic rings. The molecular formula is C14H23NO3. The van der Waals surface area contributed by atoms with Crippen LogP contribution < -0.4 is 0 Å². The van der Waals surface area contributed by atoms with Crippen molar-refractivity contribution < 1.29 is 14.3 Å². The maximum atomic E-state index is 12.2. The molecule has 18 heavy (non-hydrogen) atoms. The van der Waals surface area contributed by atoms with Gasteiger partial charge in [-0.15, -0.1) is 0 Å². The number of amides is 1. The van der Waals surface area contributed by atoms with Crippen LogP contribution in [0.1, 0.15) is 19.8 Å². The van der Waals surface area contributed by atoms with E-state index in [2.05, 4.69) is 6.92 Å². The van der Waals surface area contributed by atoms with E-state index in [4.69, 9.17) is 9.47 Å². The van der Waals surface area contributed by atoms with Crippen molar-refractivity contribution in [1.29, 1.82) is 0 Å². The summed E-state index contributed by atoms with van der Waals surface area (Å²) >= 11 is 0. The fourth-order valence-electron chi connectivity index (χ4n) is 3.45. The van der Waals surface area contributed by atoms with Crippen molar-refractivity contribution in [3.63, 3.8) is 0 Å². The molecule has 0 aromatic heterocycles. The summed E-state index contributed by atoms with van der Waals surface area (Å²) in [4.78, 5) is 14.3. The Morgan fingerprint density at radius 2 is 2.22 bits per heavy atom. The summed E-state index contributed by atoms with van der Waals surface area (Å²) in [7, 11) is 1.74. The minimum absolute atomic E-state index is 0.282. The molecule has 102 valence electrons. The van der Waals surface area contributed by atoms with Crippen LogP contribution in [-0.4, -0.2) is 50.3 Å². The summed E-state index contributed by atoms with van der Waals surface area (Å²) in [6.45, 7) is 5.53. The highest BCUT2D eigenvalue weighted by atomic mass is 16.5. The Bertz CT molecular complexity index is 333. The second-order valence-electron chi connectivity index (χ2n) is 6.14. The van der Waals surface area contributed by atoms with Crippen LogP contribution in [0.15, 0.2) is 0 Å². The molecule has 2 saturated heterocycles. The van der Waals surface area contributed by atoms with Crippen LogP contribution in [0.2, 0.25) is 0 Å². The number of methoxy groups -OCH3 is 1. The molecule has 0 spiro atoms. The van der Waals surface area contributed by atoms with Gasteiger partial charge in [-0.3, -0.25) is 4.79 Å². The molecule has 3 fully saturated rings. The van der Waals surface area contributed by atoms with Crippen molar-refractivity contribution in [2.75, 3.05) is 33.4 Å². The van der Waals surface area contributed by atoms with Crippen LogP contribution in [-0.2, 0) is 14.3 Å². The molecule has 0 radical (unpaired) electrons. The van der Waals surface area contributed by atoms with Crippen LogP contribution in [0.25, 0.3) is 0 Å². The van der Waals surface area contributed by atoms with Crippen molar-refractivity contribution in [2.45, 2.75) is 25.9 Å². The Hall–Kier alpha value is -0.610. The number of likely N-dealkylation sites (tertiary alicyclic amines) is 1. The number of carbonyl (C=O) groups excluding carboxylic acids is 1. The van der Waals surface area contributed by atoms with E-state index in [0.717, 1.165) is 39.1 Å². The first kappa shape index (κ1) is 12.4. The highest BCUT2D eigenvalue weighted by Crippen LogP contribution is 2.42. The van der Waals surface area contributed by atoms with E-state index >= 15 is 0 Å². The number of carbonyl (C=O) groups is 1. The van der Waals surface area contributed by atoms with E-state index in [-0.39, 0.29) is 6.10 Å². The molecule has 0 aromatic carbocycles. The van der Waals surface area contributed by atoms with Gasteiger partial charge in [0.25, 0.3) is 0 Å². The Labute approximate surface area is 109 Å². The van der Waals surface area contributed by atoms with Gasteiger partial charge in [0, 0.05) is 38.6 Å². The van der Waals surface area contributed by atoms with Crippen molar-refractivity contribution >= 4 is 5.91 Å². The molecule has 1 aliphatic carbocycles. The first-order valence-corrected chi connectivity index (χ1v) is 7.10. The van der Waals surface area contributed by atoms with Crippen LogP contribution in [0.4, 0.5) is 0 Å². The number of rotatable bonds is 4. The number of hydrogen-bond acceptors (Lipinski definition) is 3. The van der Waals surface area contributed by atoms with Crippen LogP contribution in [0.5, 0.6) is 0 Å². The Morgan fingerprint density at radius 1 is 1.44 bits per heavy atom.